The first-order valence-electron chi connectivity index (χ1n) is 6.17. The molecule has 1 fully saturated rings. The Labute approximate surface area is 110 Å². The highest BCUT2D eigenvalue weighted by molar-refractivity contribution is 5.46. The Morgan fingerprint density at radius 1 is 1.16 bits per heavy atom. The minimum atomic E-state index is -2.91. The molecule has 19 heavy (non-hydrogen) atoms. The van der Waals surface area contributed by atoms with Crippen LogP contribution < -0.4 is 10.6 Å². The van der Waals surface area contributed by atoms with Crippen molar-refractivity contribution in [2.24, 2.45) is 0 Å². The third-order valence-electron chi connectivity index (χ3n) is 3.17. The van der Waals surface area contributed by atoms with Crippen LogP contribution in [0.2, 0.25) is 0 Å². The number of halogens is 3. The molecule has 0 spiro atoms. The lowest BCUT2D eigenvalue weighted by molar-refractivity contribution is 0.0266. The molecule has 1 aromatic rings. The fraction of sp³-hybridized carbons (Fsp3) is 0.583. The SMILES string of the molecule is Nc1ccc(N2CCN(CC(F)C(F)F)CC2)nc1. The summed E-state index contributed by atoms with van der Waals surface area (Å²) >= 11 is 0. The van der Waals surface area contributed by atoms with E-state index in [-0.39, 0.29) is 6.54 Å². The Hall–Kier alpha value is -1.50. The molecule has 1 saturated heterocycles. The zero-order valence-electron chi connectivity index (χ0n) is 10.5. The first-order chi connectivity index (χ1) is 9.06. The summed E-state index contributed by atoms with van der Waals surface area (Å²) in [7, 11) is 0. The van der Waals surface area contributed by atoms with Crippen LogP contribution in [0.25, 0.3) is 0 Å². The predicted molar refractivity (Wildman–Crippen MR) is 68.2 cm³/mol. The number of pyridine rings is 1. The second kappa shape index (κ2) is 6.10. The first-order valence-corrected chi connectivity index (χ1v) is 6.17. The highest BCUT2D eigenvalue weighted by Gasteiger charge is 2.25. The molecule has 7 heteroatoms. The third-order valence-corrected chi connectivity index (χ3v) is 3.17. The van der Waals surface area contributed by atoms with Crippen molar-refractivity contribution in [2.45, 2.75) is 12.6 Å². The summed E-state index contributed by atoms with van der Waals surface area (Å²) in [5.74, 6) is 0.805. The zero-order valence-corrected chi connectivity index (χ0v) is 10.5. The second-order valence-electron chi connectivity index (χ2n) is 4.59. The van der Waals surface area contributed by atoms with Gasteiger partial charge in [-0.05, 0) is 12.1 Å². The topological polar surface area (TPSA) is 45.4 Å². The van der Waals surface area contributed by atoms with Crippen molar-refractivity contribution in [3.63, 3.8) is 0 Å². The van der Waals surface area contributed by atoms with Gasteiger partial charge < -0.3 is 10.6 Å². The van der Waals surface area contributed by atoms with Crippen LogP contribution in [0, 0.1) is 0 Å². The smallest absolute Gasteiger partial charge is 0.270 e. The molecule has 0 amide bonds. The van der Waals surface area contributed by atoms with E-state index in [4.69, 9.17) is 5.73 Å². The number of piperazine rings is 1. The number of nitrogens with zero attached hydrogens (tertiary/aromatic N) is 3. The second-order valence-corrected chi connectivity index (χ2v) is 4.59. The summed E-state index contributed by atoms with van der Waals surface area (Å²) in [5.41, 5.74) is 6.16. The first kappa shape index (κ1) is 13.9. The van der Waals surface area contributed by atoms with E-state index in [0.717, 1.165) is 5.82 Å². The van der Waals surface area contributed by atoms with Gasteiger partial charge in [0.15, 0.2) is 6.17 Å². The fourth-order valence-corrected chi connectivity index (χ4v) is 2.07. The summed E-state index contributed by atoms with van der Waals surface area (Å²) in [4.78, 5) is 7.95. The van der Waals surface area contributed by atoms with Gasteiger partial charge in [-0.1, -0.05) is 0 Å². The van der Waals surface area contributed by atoms with Gasteiger partial charge in [0.25, 0.3) is 6.43 Å². The van der Waals surface area contributed by atoms with E-state index in [1.165, 1.54) is 0 Å². The molecule has 0 aliphatic carbocycles. The Kier molecular flexibility index (Phi) is 4.47. The molecule has 1 aromatic heterocycles. The molecule has 2 heterocycles. The average Bonchev–Trinajstić information content (AvgIpc) is 2.40. The standard InChI is InChI=1S/C12H17F3N4/c13-10(12(14)15)8-18-3-5-19(6-4-18)11-2-1-9(16)7-17-11/h1-2,7,10,12H,3-6,8,16H2. The summed E-state index contributed by atoms with van der Waals surface area (Å²) in [5, 5.41) is 0. The van der Waals surface area contributed by atoms with Gasteiger partial charge in [0.1, 0.15) is 5.82 Å². The summed E-state index contributed by atoms with van der Waals surface area (Å²) in [6.07, 6.45) is -3.39. The summed E-state index contributed by atoms with van der Waals surface area (Å²) < 4.78 is 37.2. The fourth-order valence-electron chi connectivity index (χ4n) is 2.07. The molecule has 1 unspecified atom stereocenters. The molecule has 2 rings (SSSR count). The third kappa shape index (κ3) is 3.73. The van der Waals surface area contributed by atoms with Gasteiger partial charge in [0.05, 0.1) is 11.9 Å². The molecule has 106 valence electrons. The Morgan fingerprint density at radius 3 is 2.37 bits per heavy atom. The molecular formula is C12H17F3N4. The zero-order chi connectivity index (χ0) is 13.8. The van der Waals surface area contributed by atoms with Crippen LogP contribution in [-0.4, -0.2) is 55.2 Å². The summed E-state index contributed by atoms with van der Waals surface area (Å²) in [6, 6.07) is 3.59. The number of hydrogen-bond acceptors (Lipinski definition) is 4. The van der Waals surface area contributed by atoms with Crippen LogP contribution in [0.3, 0.4) is 0 Å². The lowest BCUT2D eigenvalue weighted by atomic mass is 10.2. The maximum Gasteiger partial charge on any atom is 0.270 e. The van der Waals surface area contributed by atoms with Gasteiger partial charge in [0.2, 0.25) is 0 Å². The molecule has 1 aliphatic rings. The van der Waals surface area contributed by atoms with Gasteiger partial charge in [-0.25, -0.2) is 18.2 Å². The highest BCUT2D eigenvalue weighted by atomic mass is 19.3. The van der Waals surface area contributed by atoms with Crippen molar-refractivity contribution in [1.29, 1.82) is 0 Å². The van der Waals surface area contributed by atoms with Crippen LogP contribution in [0.1, 0.15) is 0 Å². The number of nitrogen functional groups attached to an aromatic ring is 1. The van der Waals surface area contributed by atoms with Gasteiger partial charge >= 0.3 is 0 Å². The van der Waals surface area contributed by atoms with Gasteiger partial charge in [-0.2, -0.15) is 0 Å². The molecule has 0 bridgehead atoms. The Morgan fingerprint density at radius 2 is 1.84 bits per heavy atom. The van der Waals surface area contributed by atoms with E-state index >= 15 is 0 Å². The van der Waals surface area contributed by atoms with Crippen LogP contribution in [-0.2, 0) is 0 Å². The quantitative estimate of drug-likeness (QED) is 0.901. The average molecular weight is 274 g/mol. The molecular weight excluding hydrogens is 257 g/mol. The number of rotatable bonds is 4. The lowest BCUT2D eigenvalue weighted by Crippen LogP contribution is -2.49. The van der Waals surface area contributed by atoms with Gasteiger partial charge in [-0.3, -0.25) is 4.90 Å². The molecule has 0 radical (unpaired) electrons. The highest BCUT2D eigenvalue weighted by Crippen LogP contribution is 2.16. The van der Waals surface area contributed by atoms with Crippen LogP contribution in [0.15, 0.2) is 18.3 Å². The van der Waals surface area contributed by atoms with Gasteiger partial charge in [0, 0.05) is 32.7 Å². The monoisotopic (exact) mass is 274 g/mol. The molecule has 4 nitrogen and oxygen atoms in total. The van der Waals surface area contributed by atoms with Crippen molar-refractivity contribution in [3.8, 4) is 0 Å². The molecule has 1 aliphatic heterocycles. The molecule has 2 N–H and O–H groups in total. The number of nitrogens with two attached hydrogens (primary N) is 1. The van der Waals surface area contributed by atoms with E-state index in [0.29, 0.717) is 31.9 Å². The van der Waals surface area contributed by atoms with Crippen LogP contribution >= 0.6 is 0 Å². The molecule has 0 aromatic carbocycles. The van der Waals surface area contributed by atoms with Gasteiger partial charge in [-0.15, -0.1) is 0 Å². The summed E-state index contributed by atoms with van der Waals surface area (Å²) in [6.45, 7) is 2.19. The van der Waals surface area contributed by atoms with Crippen molar-refractivity contribution >= 4 is 11.5 Å². The Bertz CT molecular complexity index is 390. The van der Waals surface area contributed by atoms with Crippen molar-refractivity contribution in [2.75, 3.05) is 43.4 Å². The minimum absolute atomic E-state index is 0.208. The largest absolute Gasteiger partial charge is 0.397 e. The van der Waals surface area contributed by atoms with Crippen molar-refractivity contribution in [1.82, 2.24) is 9.88 Å². The number of hydrogen-bond donors (Lipinski definition) is 1. The van der Waals surface area contributed by atoms with E-state index in [1.54, 1.807) is 17.2 Å². The van der Waals surface area contributed by atoms with E-state index in [9.17, 15) is 13.2 Å². The predicted octanol–water partition coefficient (Wildman–Crippen LogP) is 1.39. The van der Waals surface area contributed by atoms with Crippen LogP contribution in [0.4, 0.5) is 24.7 Å². The maximum atomic E-state index is 12.9. The molecule has 1 atom stereocenters. The Balaban J connectivity index is 1.84. The number of anilines is 2. The lowest BCUT2D eigenvalue weighted by Gasteiger charge is -2.35. The van der Waals surface area contributed by atoms with E-state index < -0.39 is 12.6 Å². The van der Waals surface area contributed by atoms with Crippen molar-refractivity contribution in [3.05, 3.63) is 18.3 Å². The maximum absolute atomic E-state index is 12.9. The van der Waals surface area contributed by atoms with Crippen molar-refractivity contribution < 1.29 is 13.2 Å². The minimum Gasteiger partial charge on any atom is -0.397 e. The van der Waals surface area contributed by atoms with Crippen LogP contribution in [0.5, 0.6) is 0 Å². The number of aromatic nitrogens is 1. The number of alkyl halides is 3. The van der Waals surface area contributed by atoms with E-state index in [1.807, 2.05) is 11.0 Å². The normalized spacial score (nSPS) is 18.8. The molecule has 0 saturated carbocycles. The van der Waals surface area contributed by atoms with E-state index in [2.05, 4.69) is 4.98 Å².